The summed E-state index contributed by atoms with van der Waals surface area (Å²) in [5.74, 6) is 0.256. The van der Waals surface area contributed by atoms with Gasteiger partial charge in [-0.3, -0.25) is 15.1 Å². The fourth-order valence-corrected chi connectivity index (χ4v) is 2.59. The Kier molecular flexibility index (Phi) is 4.80. The molecular weight excluding hydrogens is 336 g/mol. The normalized spacial score (nSPS) is 10.3. The second kappa shape index (κ2) is 7.17. The number of pyridine rings is 1. The highest BCUT2D eigenvalue weighted by molar-refractivity contribution is 7.18. The van der Waals surface area contributed by atoms with Crippen molar-refractivity contribution in [2.45, 2.75) is 0 Å². The number of hydrogen-bond acceptors (Lipinski definition) is 6. The van der Waals surface area contributed by atoms with Crippen LogP contribution in [-0.2, 0) is 4.79 Å². The van der Waals surface area contributed by atoms with Gasteiger partial charge in [0.15, 0.2) is 11.6 Å². The molecule has 1 aromatic carbocycles. The molecule has 0 aliphatic rings. The van der Waals surface area contributed by atoms with E-state index in [2.05, 4.69) is 20.5 Å². The predicted molar refractivity (Wildman–Crippen MR) is 88.7 cm³/mol. The Balaban J connectivity index is 1.56. The quantitative estimate of drug-likeness (QED) is 0.767. The zero-order valence-electron chi connectivity index (χ0n) is 11.8. The van der Waals surface area contributed by atoms with Gasteiger partial charge < -0.3 is 4.74 Å². The Labute approximate surface area is 141 Å². The van der Waals surface area contributed by atoms with E-state index in [4.69, 9.17) is 16.3 Å². The number of benzene rings is 1. The lowest BCUT2D eigenvalue weighted by atomic mass is 10.3. The van der Waals surface area contributed by atoms with Crippen LogP contribution in [0.2, 0.25) is 5.02 Å². The van der Waals surface area contributed by atoms with E-state index in [-0.39, 0.29) is 12.5 Å². The molecule has 0 saturated carbocycles. The molecule has 6 nitrogen and oxygen atoms in total. The Morgan fingerprint density at radius 1 is 1.22 bits per heavy atom. The molecule has 0 spiro atoms. The molecule has 3 rings (SSSR count). The number of amides is 1. The summed E-state index contributed by atoms with van der Waals surface area (Å²) in [6.45, 7) is -0.122. The summed E-state index contributed by atoms with van der Waals surface area (Å²) < 4.78 is 5.36. The van der Waals surface area contributed by atoms with E-state index in [0.29, 0.717) is 20.9 Å². The van der Waals surface area contributed by atoms with Gasteiger partial charge in [-0.15, -0.1) is 10.2 Å². The molecule has 0 saturated heterocycles. The molecule has 1 N–H and O–H groups in total. The third-order valence-corrected chi connectivity index (χ3v) is 3.90. The van der Waals surface area contributed by atoms with E-state index in [0.717, 1.165) is 5.56 Å². The first-order valence-corrected chi connectivity index (χ1v) is 7.82. The van der Waals surface area contributed by atoms with E-state index < -0.39 is 0 Å². The van der Waals surface area contributed by atoms with Crippen LogP contribution in [0.25, 0.3) is 10.6 Å². The summed E-state index contributed by atoms with van der Waals surface area (Å²) in [5, 5.41) is 12.3. The number of halogens is 1. The second-order valence-electron chi connectivity index (χ2n) is 4.44. The van der Waals surface area contributed by atoms with Crippen LogP contribution in [0.15, 0.2) is 48.8 Å². The minimum atomic E-state index is -0.311. The van der Waals surface area contributed by atoms with Crippen LogP contribution in [0.5, 0.6) is 5.75 Å². The molecule has 0 aliphatic heterocycles. The number of hydrogen-bond donors (Lipinski definition) is 1. The molecule has 0 atom stereocenters. The average molecular weight is 347 g/mol. The van der Waals surface area contributed by atoms with Crippen molar-refractivity contribution in [2.24, 2.45) is 0 Å². The van der Waals surface area contributed by atoms with Crippen molar-refractivity contribution in [1.82, 2.24) is 15.2 Å². The van der Waals surface area contributed by atoms with Gasteiger partial charge in [-0.05, 0) is 36.4 Å². The molecule has 0 aliphatic carbocycles. The van der Waals surface area contributed by atoms with Crippen molar-refractivity contribution >= 4 is 34.0 Å². The van der Waals surface area contributed by atoms with Gasteiger partial charge in [0, 0.05) is 23.0 Å². The lowest BCUT2D eigenvalue weighted by molar-refractivity contribution is -0.118. The standard InChI is InChI=1S/C15H11ClN4O2S/c16-11-3-5-12(6-4-11)22-9-13(21)18-15-20-19-14(23-15)10-2-1-7-17-8-10/h1-8H,9H2,(H,18,20,21). The molecule has 1 amide bonds. The van der Waals surface area contributed by atoms with E-state index in [1.165, 1.54) is 11.3 Å². The maximum atomic E-state index is 11.9. The maximum Gasteiger partial charge on any atom is 0.264 e. The fraction of sp³-hybridized carbons (Fsp3) is 0.0667. The van der Waals surface area contributed by atoms with E-state index in [1.807, 2.05) is 12.1 Å². The summed E-state index contributed by atoms with van der Waals surface area (Å²) in [6, 6.07) is 10.5. The number of anilines is 1. The van der Waals surface area contributed by atoms with Crippen molar-refractivity contribution in [2.75, 3.05) is 11.9 Å². The van der Waals surface area contributed by atoms with Crippen LogP contribution in [0.1, 0.15) is 0 Å². The number of aromatic nitrogens is 3. The van der Waals surface area contributed by atoms with Gasteiger partial charge in [-0.2, -0.15) is 0 Å². The van der Waals surface area contributed by atoms with Gasteiger partial charge in [0.2, 0.25) is 5.13 Å². The number of nitrogens with one attached hydrogen (secondary N) is 1. The molecule has 3 aromatic rings. The number of carbonyl (C=O) groups excluding carboxylic acids is 1. The van der Waals surface area contributed by atoms with Crippen molar-refractivity contribution in [3.63, 3.8) is 0 Å². The molecule has 2 heterocycles. The molecule has 0 radical (unpaired) electrons. The first-order valence-electron chi connectivity index (χ1n) is 6.63. The van der Waals surface area contributed by atoms with Gasteiger partial charge in [-0.25, -0.2) is 0 Å². The molecule has 2 aromatic heterocycles. The van der Waals surface area contributed by atoms with Crippen molar-refractivity contribution < 1.29 is 9.53 Å². The van der Waals surface area contributed by atoms with Crippen molar-refractivity contribution in [1.29, 1.82) is 0 Å². The minimum Gasteiger partial charge on any atom is -0.484 e. The number of nitrogens with zero attached hydrogens (tertiary/aromatic N) is 3. The molecule has 0 bridgehead atoms. The lowest BCUT2D eigenvalue weighted by Gasteiger charge is -2.05. The molecule has 0 fully saturated rings. The number of ether oxygens (including phenoxy) is 1. The van der Waals surface area contributed by atoms with E-state index in [1.54, 1.807) is 36.7 Å². The van der Waals surface area contributed by atoms with E-state index >= 15 is 0 Å². The van der Waals surface area contributed by atoms with Gasteiger partial charge in [0.25, 0.3) is 5.91 Å². The van der Waals surface area contributed by atoms with Crippen LogP contribution in [0, 0.1) is 0 Å². The Bertz CT molecular complexity index is 793. The molecule has 8 heteroatoms. The number of carbonyl (C=O) groups is 1. The summed E-state index contributed by atoms with van der Waals surface area (Å²) in [5.41, 5.74) is 0.850. The highest BCUT2D eigenvalue weighted by Gasteiger charge is 2.10. The first kappa shape index (κ1) is 15.4. The van der Waals surface area contributed by atoms with Crippen molar-refractivity contribution in [3.05, 3.63) is 53.8 Å². The fourth-order valence-electron chi connectivity index (χ4n) is 1.71. The average Bonchev–Trinajstić information content (AvgIpc) is 3.04. The third-order valence-electron chi connectivity index (χ3n) is 2.76. The molecular formula is C15H11ClN4O2S. The van der Waals surface area contributed by atoms with Crippen LogP contribution < -0.4 is 10.1 Å². The summed E-state index contributed by atoms with van der Waals surface area (Å²) in [6.07, 6.45) is 3.37. The van der Waals surface area contributed by atoms with Crippen molar-refractivity contribution in [3.8, 4) is 16.3 Å². The topological polar surface area (TPSA) is 77.0 Å². The largest absolute Gasteiger partial charge is 0.484 e. The van der Waals surface area contributed by atoms with Gasteiger partial charge in [0.1, 0.15) is 5.75 Å². The monoisotopic (exact) mass is 346 g/mol. The van der Waals surface area contributed by atoms with Crippen LogP contribution >= 0.6 is 22.9 Å². The van der Waals surface area contributed by atoms with Gasteiger partial charge in [0.05, 0.1) is 0 Å². The Morgan fingerprint density at radius 3 is 2.78 bits per heavy atom. The zero-order valence-corrected chi connectivity index (χ0v) is 13.3. The van der Waals surface area contributed by atoms with E-state index in [9.17, 15) is 4.79 Å². The molecule has 0 unspecified atom stereocenters. The summed E-state index contributed by atoms with van der Waals surface area (Å²) in [4.78, 5) is 15.9. The SMILES string of the molecule is O=C(COc1ccc(Cl)cc1)Nc1nnc(-c2cccnc2)s1. The maximum absolute atomic E-state index is 11.9. The third kappa shape index (κ3) is 4.24. The van der Waals surface area contributed by atoms with Crippen LogP contribution in [0.3, 0.4) is 0 Å². The number of rotatable bonds is 5. The summed E-state index contributed by atoms with van der Waals surface area (Å²) in [7, 11) is 0. The highest BCUT2D eigenvalue weighted by Crippen LogP contribution is 2.25. The lowest BCUT2D eigenvalue weighted by Crippen LogP contribution is -2.20. The molecule has 116 valence electrons. The highest BCUT2D eigenvalue weighted by atomic mass is 35.5. The Morgan fingerprint density at radius 2 is 2.04 bits per heavy atom. The smallest absolute Gasteiger partial charge is 0.264 e. The zero-order chi connectivity index (χ0) is 16.1. The van der Waals surface area contributed by atoms with Crippen LogP contribution in [-0.4, -0.2) is 27.7 Å². The summed E-state index contributed by atoms with van der Waals surface area (Å²) >= 11 is 7.05. The van der Waals surface area contributed by atoms with Gasteiger partial charge in [-0.1, -0.05) is 22.9 Å². The van der Waals surface area contributed by atoms with Gasteiger partial charge >= 0.3 is 0 Å². The first-order chi connectivity index (χ1) is 11.2. The Hall–Kier alpha value is -2.51. The predicted octanol–water partition coefficient (Wildman–Crippen LogP) is 3.27. The van der Waals surface area contributed by atoms with Crippen LogP contribution in [0.4, 0.5) is 5.13 Å². The second-order valence-corrected chi connectivity index (χ2v) is 5.86. The minimum absolute atomic E-state index is 0.122. The molecule has 23 heavy (non-hydrogen) atoms.